The first kappa shape index (κ1) is 9.91. The first-order valence-electron chi connectivity index (χ1n) is 3.82. The van der Waals surface area contributed by atoms with E-state index in [0.717, 1.165) is 18.4 Å². The van der Waals surface area contributed by atoms with Crippen molar-refractivity contribution in [2.24, 2.45) is 5.10 Å². The molecule has 0 spiro atoms. The van der Waals surface area contributed by atoms with Gasteiger partial charge in [-0.1, -0.05) is 0 Å². The van der Waals surface area contributed by atoms with Gasteiger partial charge in [-0.05, 0) is 24.3 Å². The number of nitrogens with zero attached hydrogens (tertiary/aromatic N) is 1. The van der Waals surface area contributed by atoms with E-state index in [0.29, 0.717) is 0 Å². The Hall–Kier alpha value is -2.17. The van der Waals surface area contributed by atoms with E-state index in [4.69, 9.17) is 0 Å². The molecule has 1 aliphatic heterocycles. The molecule has 0 saturated carbocycles. The highest BCUT2D eigenvalue weighted by Crippen LogP contribution is 1.86. The lowest BCUT2D eigenvalue weighted by atomic mass is 10.3. The van der Waals surface area contributed by atoms with Gasteiger partial charge in [-0.2, -0.15) is 5.10 Å². The van der Waals surface area contributed by atoms with E-state index in [1.54, 1.807) is 0 Å². The molecule has 0 aromatic carbocycles. The lowest BCUT2D eigenvalue weighted by Crippen LogP contribution is -2.02. The van der Waals surface area contributed by atoms with Crippen LogP contribution in [0.5, 0.6) is 0 Å². The van der Waals surface area contributed by atoms with Crippen molar-refractivity contribution < 1.29 is 14.4 Å². The first-order chi connectivity index (χ1) is 6.79. The lowest BCUT2D eigenvalue weighted by Gasteiger charge is -1.94. The van der Waals surface area contributed by atoms with Crippen molar-refractivity contribution >= 4 is 17.8 Å². The molecular formula is C9H8N2O3. The second kappa shape index (κ2) is 5.47. The second-order valence-corrected chi connectivity index (χ2v) is 2.29. The predicted octanol–water partition coefficient (Wildman–Crippen LogP) is 0.271. The Morgan fingerprint density at radius 3 is 2.57 bits per heavy atom. The van der Waals surface area contributed by atoms with Crippen LogP contribution < -0.4 is 5.59 Å². The summed E-state index contributed by atoms with van der Waals surface area (Å²) >= 11 is 0. The second-order valence-electron chi connectivity index (χ2n) is 2.29. The molecule has 1 N–H and O–H groups in total. The van der Waals surface area contributed by atoms with Crippen LogP contribution in [0.4, 0.5) is 0 Å². The minimum atomic E-state index is -0.335. The van der Waals surface area contributed by atoms with Gasteiger partial charge in [0.25, 0.3) is 0 Å². The van der Waals surface area contributed by atoms with E-state index >= 15 is 0 Å². The zero-order chi connectivity index (χ0) is 10.2. The monoisotopic (exact) mass is 192 g/mol. The Morgan fingerprint density at radius 2 is 1.79 bits per heavy atom. The normalized spacial score (nSPS) is 26.0. The van der Waals surface area contributed by atoms with E-state index in [1.807, 2.05) is 0 Å². The van der Waals surface area contributed by atoms with Gasteiger partial charge in [-0.3, -0.25) is 9.59 Å². The van der Waals surface area contributed by atoms with Crippen LogP contribution in [0, 0.1) is 0 Å². The van der Waals surface area contributed by atoms with Crippen molar-refractivity contribution in [1.82, 2.24) is 5.59 Å². The van der Waals surface area contributed by atoms with Gasteiger partial charge in [0.1, 0.15) is 6.26 Å². The summed E-state index contributed by atoms with van der Waals surface area (Å²) in [5, 5.41) is 3.54. The summed E-state index contributed by atoms with van der Waals surface area (Å²) in [6, 6.07) is 0. The van der Waals surface area contributed by atoms with E-state index in [9.17, 15) is 9.59 Å². The Balaban J connectivity index is 2.73. The van der Waals surface area contributed by atoms with Crippen LogP contribution in [-0.2, 0) is 14.4 Å². The highest BCUT2D eigenvalue weighted by Gasteiger charge is 1.92. The third-order valence-electron chi connectivity index (χ3n) is 1.24. The molecule has 14 heavy (non-hydrogen) atoms. The predicted molar refractivity (Wildman–Crippen MR) is 50.1 cm³/mol. The van der Waals surface area contributed by atoms with Gasteiger partial charge < -0.3 is 4.84 Å². The molecular weight excluding hydrogens is 184 g/mol. The molecule has 0 unspecified atom stereocenters. The lowest BCUT2D eigenvalue weighted by molar-refractivity contribution is -0.112. The molecule has 1 heterocycles. The molecule has 0 aromatic heterocycles. The van der Waals surface area contributed by atoms with Gasteiger partial charge in [0.15, 0.2) is 11.6 Å². The van der Waals surface area contributed by atoms with Gasteiger partial charge in [0.2, 0.25) is 0 Å². The van der Waals surface area contributed by atoms with Crippen molar-refractivity contribution in [3.8, 4) is 0 Å². The van der Waals surface area contributed by atoms with Gasteiger partial charge in [-0.25, -0.2) is 0 Å². The van der Waals surface area contributed by atoms with Gasteiger partial charge in [-0.15, -0.1) is 5.59 Å². The zero-order valence-electron chi connectivity index (χ0n) is 7.21. The highest BCUT2D eigenvalue weighted by molar-refractivity contribution is 6.07. The van der Waals surface area contributed by atoms with Crippen LogP contribution >= 0.6 is 0 Å². The van der Waals surface area contributed by atoms with Crippen molar-refractivity contribution in [3.05, 3.63) is 36.6 Å². The van der Waals surface area contributed by atoms with Crippen LogP contribution in [0.25, 0.3) is 0 Å². The molecule has 0 atom stereocenters. The Labute approximate surface area is 80.4 Å². The number of hydrogen-bond acceptors (Lipinski definition) is 5. The van der Waals surface area contributed by atoms with Crippen LogP contribution in [0.3, 0.4) is 0 Å². The third kappa shape index (κ3) is 4.01. The van der Waals surface area contributed by atoms with Crippen LogP contribution in [0.15, 0.2) is 41.7 Å². The highest BCUT2D eigenvalue weighted by atomic mass is 16.7. The molecule has 0 saturated heterocycles. The van der Waals surface area contributed by atoms with Crippen LogP contribution in [0.1, 0.15) is 0 Å². The number of hydrazone groups is 1. The summed E-state index contributed by atoms with van der Waals surface area (Å²) < 4.78 is 0. The maximum Gasteiger partial charge on any atom is 0.181 e. The molecule has 0 aliphatic carbocycles. The fourth-order valence-electron chi connectivity index (χ4n) is 0.649. The fraction of sp³-hybridized carbons (Fsp3) is 0. The average molecular weight is 192 g/mol. The van der Waals surface area contributed by atoms with E-state index in [2.05, 4.69) is 15.5 Å². The largest absolute Gasteiger partial charge is 0.373 e. The molecule has 5 heteroatoms. The molecule has 0 bridgehead atoms. The molecule has 1 rings (SSSR count). The minimum Gasteiger partial charge on any atom is -0.373 e. The minimum absolute atomic E-state index is 0.278. The van der Waals surface area contributed by atoms with Crippen molar-refractivity contribution in [2.45, 2.75) is 0 Å². The van der Waals surface area contributed by atoms with E-state index in [-0.39, 0.29) is 11.6 Å². The van der Waals surface area contributed by atoms with Crippen LogP contribution in [0.2, 0.25) is 0 Å². The number of nitrogens with one attached hydrogen (secondary N) is 1. The number of rotatable bonds is 0. The van der Waals surface area contributed by atoms with Crippen molar-refractivity contribution in [2.75, 3.05) is 0 Å². The number of allylic oxidation sites excluding steroid dienone is 5. The molecule has 0 amide bonds. The number of carbonyl (C=O) groups is 2. The summed E-state index contributed by atoms with van der Waals surface area (Å²) in [7, 11) is 0. The molecule has 72 valence electrons. The fourth-order valence-corrected chi connectivity index (χ4v) is 0.649. The smallest absolute Gasteiger partial charge is 0.181 e. The summed E-state index contributed by atoms with van der Waals surface area (Å²) in [4.78, 5) is 26.5. The van der Waals surface area contributed by atoms with Gasteiger partial charge in [0, 0.05) is 6.08 Å². The van der Waals surface area contributed by atoms with Crippen LogP contribution in [-0.4, -0.2) is 17.8 Å². The summed E-state index contributed by atoms with van der Waals surface area (Å²) in [5.74, 6) is -0.613. The maximum absolute atomic E-state index is 11.0. The van der Waals surface area contributed by atoms with Gasteiger partial charge in [0.05, 0.1) is 6.21 Å². The zero-order valence-corrected chi connectivity index (χ0v) is 7.21. The Bertz CT molecular complexity index is 340. The summed E-state index contributed by atoms with van der Waals surface area (Å²) in [6.45, 7) is 0. The maximum atomic E-state index is 11.0. The number of ketones is 2. The quantitative estimate of drug-likeness (QED) is 0.598. The van der Waals surface area contributed by atoms with E-state index in [1.165, 1.54) is 24.4 Å². The van der Waals surface area contributed by atoms with Crippen molar-refractivity contribution in [3.63, 3.8) is 0 Å². The standard InChI is InChI=1S/C9H8N2O3/c12-8-2-1-6-10-11-14-7-5-9(13)4-3-8/h1-7,11H/b2-1+,4-3-,7-5-,10-6-. The van der Waals surface area contributed by atoms with E-state index < -0.39 is 0 Å². The summed E-state index contributed by atoms with van der Waals surface area (Å²) in [6.07, 6.45) is 8.69. The molecule has 0 fully saturated rings. The number of carbonyl (C=O) groups excluding carboxylic acids is 2. The number of hydrogen-bond donors (Lipinski definition) is 1. The average Bonchev–Trinajstić information content (AvgIpc) is 2.17. The first-order valence-corrected chi connectivity index (χ1v) is 3.82. The molecule has 1 aliphatic rings. The molecule has 0 radical (unpaired) electrons. The topological polar surface area (TPSA) is 67.8 Å². The Kier molecular flexibility index (Phi) is 3.87. The summed E-state index contributed by atoms with van der Waals surface area (Å²) in [5.41, 5.74) is 2.18. The Morgan fingerprint density at radius 1 is 1.07 bits per heavy atom. The van der Waals surface area contributed by atoms with Gasteiger partial charge >= 0.3 is 0 Å². The van der Waals surface area contributed by atoms with Crippen molar-refractivity contribution in [1.29, 1.82) is 0 Å². The molecule has 0 aromatic rings. The molecule has 5 nitrogen and oxygen atoms in total. The SMILES string of the molecule is O=C1/C=C\ON/N=C\C=C\C(=O)/C=C\1. The third-order valence-corrected chi connectivity index (χ3v) is 1.24.